The monoisotopic (exact) mass is 334 g/mol. The van der Waals surface area contributed by atoms with Crippen molar-refractivity contribution in [1.29, 1.82) is 0 Å². The molecule has 0 aliphatic heterocycles. The third-order valence-corrected chi connectivity index (χ3v) is 3.82. The Morgan fingerprint density at radius 2 is 1.90 bits per heavy atom. The van der Waals surface area contributed by atoms with Crippen LogP contribution < -0.4 is 0 Å². The molecule has 0 aliphatic carbocycles. The lowest BCUT2D eigenvalue weighted by Crippen LogP contribution is -2.13. The molecule has 0 amide bonds. The zero-order valence-electron chi connectivity index (χ0n) is 11.6. The van der Waals surface area contributed by atoms with Crippen LogP contribution in [0.2, 0.25) is 0 Å². The fourth-order valence-corrected chi connectivity index (χ4v) is 2.71. The van der Waals surface area contributed by atoms with E-state index in [1.807, 2.05) is 42.5 Å². The van der Waals surface area contributed by atoms with Gasteiger partial charge in [-0.3, -0.25) is 0 Å². The Kier molecular flexibility index (Phi) is 5.77. The summed E-state index contributed by atoms with van der Waals surface area (Å²) in [6, 6.07) is 16.2. The van der Waals surface area contributed by atoms with Crippen molar-refractivity contribution in [2.45, 2.75) is 19.4 Å². The number of halogens is 1. The zero-order valence-corrected chi connectivity index (χ0v) is 13.1. The van der Waals surface area contributed by atoms with Gasteiger partial charge in [0, 0.05) is 10.4 Å². The molecule has 0 aliphatic rings. The fraction of sp³-hybridized carbons (Fsp3) is 0.294. The van der Waals surface area contributed by atoms with Crippen LogP contribution >= 0.6 is 15.9 Å². The molecule has 106 valence electrons. The fourth-order valence-electron chi connectivity index (χ4n) is 2.23. The van der Waals surface area contributed by atoms with Gasteiger partial charge in [0.25, 0.3) is 0 Å². The summed E-state index contributed by atoms with van der Waals surface area (Å²) in [5, 5.41) is 9.58. The molecule has 2 aromatic rings. The predicted octanol–water partition coefficient (Wildman–Crippen LogP) is 4.05. The number of benzene rings is 2. The first kappa shape index (κ1) is 15.2. The second-order valence-electron chi connectivity index (χ2n) is 4.88. The summed E-state index contributed by atoms with van der Waals surface area (Å²) < 4.78 is 6.80. The molecule has 2 aromatic carbocycles. The second-order valence-corrected chi connectivity index (χ2v) is 5.80. The number of rotatable bonds is 6. The van der Waals surface area contributed by atoms with Crippen LogP contribution in [0.5, 0.6) is 0 Å². The first-order chi connectivity index (χ1) is 9.70. The van der Waals surface area contributed by atoms with Gasteiger partial charge < -0.3 is 9.84 Å². The highest BCUT2D eigenvalue weighted by Gasteiger charge is 2.13. The standard InChI is InChI=1S/C17H19BrO2/c1-13-9-16(18)7-8-17(13)15(10-19)12-20-11-14-5-3-2-4-6-14/h2-9,15,19H,10-12H2,1H3/t15-/m1/s1. The summed E-state index contributed by atoms with van der Waals surface area (Å²) in [5.74, 6) is 0.0202. The Bertz CT molecular complexity index is 540. The van der Waals surface area contributed by atoms with E-state index in [-0.39, 0.29) is 12.5 Å². The van der Waals surface area contributed by atoms with Crippen LogP contribution in [-0.2, 0) is 11.3 Å². The van der Waals surface area contributed by atoms with Crippen LogP contribution in [0.1, 0.15) is 22.6 Å². The minimum atomic E-state index is 0.0202. The average Bonchev–Trinajstić information content (AvgIpc) is 2.46. The Hall–Kier alpha value is -1.16. The predicted molar refractivity (Wildman–Crippen MR) is 84.8 cm³/mol. The average molecular weight is 335 g/mol. The quantitative estimate of drug-likeness (QED) is 0.863. The van der Waals surface area contributed by atoms with E-state index in [0.29, 0.717) is 13.2 Å². The smallest absolute Gasteiger partial charge is 0.0717 e. The highest BCUT2D eigenvalue weighted by atomic mass is 79.9. The SMILES string of the molecule is Cc1cc(Br)ccc1[C@H](CO)COCc1ccccc1. The van der Waals surface area contributed by atoms with E-state index in [1.165, 1.54) is 5.56 Å². The molecule has 0 aromatic heterocycles. The van der Waals surface area contributed by atoms with Crippen LogP contribution in [0.4, 0.5) is 0 Å². The third-order valence-electron chi connectivity index (χ3n) is 3.32. The van der Waals surface area contributed by atoms with Gasteiger partial charge in [-0.2, -0.15) is 0 Å². The van der Waals surface area contributed by atoms with Crippen LogP contribution in [0.3, 0.4) is 0 Å². The molecule has 0 spiro atoms. The summed E-state index contributed by atoms with van der Waals surface area (Å²) in [4.78, 5) is 0. The Labute approximate surface area is 128 Å². The van der Waals surface area contributed by atoms with Crippen molar-refractivity contribution in [3.05, 3.63) is 69.7 Å². The van der Waals surface area contributed by atoms with Crippen molar-refractivity contribution in [2.75, 3.05) is 13.2 Å². The maximum absolute atomic E-state index is 9.58. The first-order valence-corrected chi connectivity index (χ1v) is 7.48. The molecule has 0 unspecified atom stereocenters. The number of aliphatic hydroxyl groups is 1. The molecule has 20 heavy (non-hydrogen) atoms. The van der Waals surface area contributed by atoms with Crippen LogP contribution in [0, 0.1) is 6.92 Å². The van der Waals surface area contributed by atoms with Gasteiger partial charge in [0.05, 0.1) is 19.8 Å². The van der Waals surface area contributed by atoms with E-state index < -0.39 is 0 Å². The summed E-state index contributed by atoms with van der Waals surface area (Å²) in [5.41, 5.74) is 3.46. The largest absolute Gasteiger partial charge is 0.396 e. The van der Waals surface area contributed by atoms with Gasteiger partial charge in [0.15, 0.2) is 0 Å². The minimum absolute atomic E-state index is 0.0202. The van der Waals surface area contributed by atoms with Crippen molar-refractivity contribution in [3.8, 4) is 0 Å². The molecule has 0 heterocycles. The van der Waals surface area contributed by atoms with Gasteiger partial charge in [-0.05, 0) is 35.7 Å². The van der Waals surface area contributed by atoms with Crippen LogP contribution in [0.25, 0.3) is 0 Å². The van der Waals surface area contributed by atoms with E-state index in [9.17, 15) is 5.11 Å². The molecule has 1 atom stereocenters. The molecular formula is C17H19BrO2. The lowest BCUT2D eigenvalue weighted by Gasteiger charge is -2.17. The van der Waals surface area contributed by atoms with E-state index in [1.54, 1.807) is 0 Å². The van der Waals surface area contributed by atoms with Crippen molar-refractivity contribution in [2.24, 2.45) is 0 Å². The summed E-state index contributed by atoms with van der Waals surface area (Å²) in [6.45, 7) is 3.25. The van der Waals surface area contributed by atoms with Gasteiger partial charge >= 0.3 is 0 Å². The zero-order chi connectivity index (χ0) is 14.4. The molecule has 2 rings (SSSR count). The van der Waals surface area contributed by atoms with E-state index in [2.05, 4.69) is 28.9 Å². The first-order valence-electron chi connectivity index (χ1n) is 6.69. The number of hydrogen-bond acceptors (Lipinski definition) is 2. The van der Waals surface area contributed by atoms with E-state index in [4.69, 9.17) is 4.74 Å². The van der Waals surface area contributed by atoms with Gasteiger partial charge in [0.1, 0.15) is 0 Å². The number of aryl methyl sites for hydroxylation is 1. The van der Waals surface area contributed by atoms with Crippen molar-refractivity contribution in [3.63, 3.8) is 0 Å². The number of hydrogen-bond donors (Lipinski definition) is 1. The van der Waals surface area contributed by atoms with Gasteiger partial charge in [0.2, 0.25) is 0 Å². The molecule has 2 nitrogen and oxygen atoms in total. The van der Waals surface area contributed by atoms with Crippen LogP contribution in [0.15, 0.2) is 53.0 Å². The molecule has 0 saturated carbocycles. The molecule has 0 saturated heterocycles. The number of ether oxygens (including phenoxy) is 1. The molecule has 1 N–H and O–H groups in total. The molecule has 0 bridgehead atoms. The summed E-state index contributed by atoms with van der Waals surface area (Å²) >= 11 is 3.46. The summed E-state index contributed by atoms with van der Waals surface area (Å²) in [7, 11) is 0. The van der Waals surface area contributed by atoms with Crippen LogP contribution in [-0.4, -0.2) is 18.3 Å². The minimum Gasteiger partial charge on any atom is -0.396 e. The lowest BCUT2D eigenvalue weighted by atomic mass is 9.96. The van der Waals surface area contributed by atoms with Crippen molar-refractivity contribution < 1.29 is 9.84 Å². The number of aliphatic hydroxyl groups excluding tert-OH is 1. The maximum Gasteiger partial charge on any atom is 0.0717 e. The Balaban J connectivity index is 1.95. The Morgan fingerprint density at radius 1 is 1.15 bits per heavy atom. The Morgan fingerprint density at radius 3 is 2.55 bits per heavy atom. The lowest BCUT2D eigenvalue weighted by molar-refractivity contribution is 0.0881. The molecule has 0 radical (unpaired) electrons. The normalized spacial score (nSPS) is 12.3. The van der Waals surface area contributed by atoms with Gasteiger partial charge in [-0.1, -0.05) is 52.3 Å². The highest BCUT2D eigenvalue weighted by Crippen LogP contribution is 2.23. The molecular weight excluding hydrogens is 316 g/mol. The van der Waals surface area contributed by atoms with Crippen molar-refractivity contribution >= 4 is 15.9 Å². The van der Waals surface area contributed by atoms with Crippen molar-refractivity contribution in [1.82, 2.24) is 0 Å². The molecule has 0 fully saturated rings. The van der Waals surface area contributed by atoms with Gasteiger partial charge in [-0.15, -0.1) is 0 Å². The van der Waals surface area contributed by atoms with E-state index in [0.717, 1.165) is 15.6 Å². The third kappa shape index (κ3) is 4.17. The maximum atomic E-state index is 9.58. The van der Waals surface area contributed by atoms with Gasteiger partial charge in [-0.25, -0.2) is 0 Å². The summed E-state index contributed by atoms with van der Waals surface area (Å²) in [6.07, 6.45) is 0. The second kappa shape index (κ2) is 7.58. The highest BCUT2D eigenvalue weighted by molar-refractivity contribution is 9.10. The topological polar surface area (TPSA) is 29.5 Å². The molecule has 3 heteroatoms. The van der Waals surface area contributed by atoms with E-state index >= 15 is 0 Å².